The first-order valence-corrected chi connectivity index (χ1v) is 22.8. The van der Waals surface area contributed by atoms with E-state index in [1.807, 2.05) is 0 Å². The molecule has 53 heavy (non-hydrogen) atoms. The van der Waals surface area contributed by atoms with Crippen LogP contribution < -0.4 is 0 Å². The second kappa shape index (κ2) is 42.6. The standard InChI is InChI=1S/C47H86O6/c1-4-7-10-13-16-19-21-22-23-24-25-26-29-31-34-37-40-46(49)52-43-44(42-51-45(48)39-36-33-30-27-18-15-12-9-6-3)53-47(50)41-38-35-32-28-20-17-14-11-8-5-2/h11,14,23-24,44H,4-10,12-13,15-22,25-43H2,1-3H3/b14-11-,24-23-. The molecule has 0 aliphatic rings. The minimum Gasteiger partial charge on any atom is -0.462 e. The highest BCUT2D eigenvalue weighted by molar-refractivity contribution is 5.71. The predicted molar refractivity (Wildman–Crippen MR) is 224 cm³/mol. The molecule has 6 nitrogen and oxygen atoms in total. The Morgan fingerprint density at radius 2 is 0.660 bits per heavy atom. The van der Waals surface area contributed by atoms with Crippen molar-refractivity contribution in [3.63, 3.8) is 0 Å². The Morgan fingerprint density at radius 3 is 1.02 bits per heavy atom. The Hall–Kier alpha value is -2.11. The normalized spacial score (nSPS) is 12.1. The van der Waals surface area contributed by atoms with Crippen molar-refractivity contribution in [1.82, 2.24) is 0 Å². The van der Waals surface area contributed by atoms with Crippen molar-refractivity contribution < 1.29 is 28.6 Å². The van der Waals surface area contributed by atoms with Gasteiger partial charge in [-0.2, -0.15) is 0 Å². The minimum absolute atomic E-state index is 0.0751. The largest absolute Gasteiger partial charge is 0.462 e. The second-order valence-corrected chi connectivity index (χ2v) is 15.3. The van der Waals surface area contributed by atoms with Gasteiger partial charge >= 0.3 is 17.9 Å². The monoisotopic (exact) mass is 747 g/mol. The van der Waals surface area contributed by atoms with Gasteiger partial charge in [-0.25, -0.2) is 0 Å². The summed E-state index contributed by atoms with van der Waals surface area (Å²) < 4.78 is 16.7. The van der Waals surface area contributed by atoms with Crippen molar-refractivity contribution in [2.45, 2.75) is 245 Å². The fourth-order valence-electron chi connectivity index (χ4n) is 6.44. The van der Waals surface area contributed by atoms with Gasteiger partial charge in [-0.05, 0) is 64.2 Å². The molecule has 0 saturated heterocycles. The number of hydrogen-bond acceptors (Lipinski definition) is 6. The lowest BCUT2D eigenvalue weighted by atomic mass is 10.1. The molecule has 1 atom stereocenters. The van der Waals surface area contributed by atoms with Crippen molar-refractivity contribution in [1.29, 1.82) is 0 Å². The van der Waals surface area contributed by atoms with Crippen molar-refractivity contribution in [2.24, 2.45) is 0 Å². The van der Waals surface area contributed by atoms with Crippen LogP contribution in [0, 0.1) is 0 Å². The van der Waals surface area contributed by atoms with E-state index < -0.39 is 6.10 Å². The van der Waals surface area contributed by atoms with Crippen LogP contribution in [0.4, 0.5) is 0 Å². The molecule has 0 aromatic rings. The smallest absolute Gasteiger partial charge is 0.306 e. The summed E-state index contributed by atoms with van der Waals surface area (Å²) in [5.41, 5.74) is 0. The van der Waals surface area contributed by atoms with E-state index in [1.54, 1.807) is 0 Å². The van der Waals surface area contributed by atoms with Crippen LogP contribution in [0.2, 0.25) is 0 Å². The minimum atomic E-state index is -0.771. The number of esters is 3. The molecule has 0 aliphatic carbocycles. The Kier molecular flexibility index (Phi) is 40.9. The maximum absolute atomic E-state index is 12.7. The first-order chi connectivity index (χ1) is 26.0. The second-order valence-electron chi connectivity index (χ2n) is 15.3. The Morgan fingerprint density at radius 1 is 0.358 bits per heavy atom. The zero-order valence-corrected chi connectivity index (χ0v) is 35.3. The fourth-order valence-corrected chi connectivity index (χ4v) is 6.44. The molecular formula is C47H86O6. The van der Waals surface area contributed by atoms with Gasteiger partial charge in [0.15, 0.2) is 6.10 Å². The quantitative estimate of drug-likeness (QED) is 0.0268. The number of allylic oxidation sites excluding steroid dienone is 4. The average Bonchev–Trinajstić information content (AvgIpc) is 3.15. The molecule has 0 aromatic heterocycles. The van der Waals surface area contributed by atoms with Gasteiger partial charge in [0.1, 0.15) is 13.2 Å². The van der Waals surface area contributed by atoms with Crippen LogP contribution in [-0.2, 0) is 28.6 Å². The molecule has 310 valence electrons. The molecule has 0 aliphatic heterocycles. The molecule has 0 saturated carbocycles. The Bertz CT molecular complexity index is 865. The van der Waals surface area contributed by atoms with Gasteiger partial charge < -0.3 is 14.2 Å². The summed E-state index contributed by atoms with van der Waals surface area (Å²) in [6.45, 7) is 6.54. The van der Waals surface area contributed by atoms with Gasteiger partial charge in [-0.15, -0.1) is 0 Å². The SMILES string of the molecule is CCC/C=C\CCCCCCCC(=O)OC(COC(=O)CCCCCCC/C=C\CCCCCCCCC)COC(=O)CCCCCCCCCCC. The molecule has 1 unspecified atom stereocenters. The summed E-state index contributed by atoms with van der Waals surface area (Å²) >= 11 is 0. The molecule has 0 spiro atoms. The van der Waals surface area contributed by atoms with Crippen LogP contribution in [0.3, 0.4) is 0 Å². The van der Waals surface area contributed by atoms with E-state index in [9.17, 15) is 14.4 Å². The number of rotatable bonds is 41. The average molecular weight is 747 g/mol. The summed E-state index contributed by atoms with van der Waals surface area (Å²) in [6, 6.07) is 0. The van der Waals surface area contributed by atoms with E-state index in [-0.39, 0.29) is 31.1 Å². The number of carbonyl (C=O) groups is 3. The van der Waals surface area contributed by atoms with Crippen molar-refractivity contribution in [3.05, 3.63) is 24.3 Å². The summed E-state index contributed by atoms with van der Waals surface area (Å²) in [6.07, 6.45) is 45.9. The van der Waals surface area contributed by atoms with Gasteiger partial charge in [-0.3, -0.25) is 14.4 Å². The van der Waals surface area contributed by atoms with Gasteiger partial charge in [0.05, 0.1) is 0 Å². The van der Waals surface area contributed by atoms with Crippen LogP contribution in [0.1, 0.15) is 239 Å². The summed E-state index contributed by atoms with van der Waals surface area (Å²) in [7, 11) is 0. The third-order valence-electron chi connectivity index (χ3n) is 9.91. The highest BCUT2D eigenvalue weighted by Gasteiger charge is 2.19. The van der Waals surface area contributed by atoms with Crippen molar-refractivity contribution in [3.8, 4) is 0 Å². The number of carbonyl (C=O) groups excluding carboxylic acids is 3. The number of unbranched alkanes of at least 4 members (excludes halogenated alkanes) is 26. The topological polar surface area (TPSA) is 78.9 Å². The summed E-state index contributed by atoms with van der Waals surface area (Å²) in [4.78, 5) is 37.6. The lowest BCUT2D eigenvalue weighted by Crippen LogP contribution is -2.30. The van der Waals surface area contributed by atoms with Crippen LogP contribution >= 0.6 is 0 Å². The van der Waals surface area contributed by atoms with Crippen molar-refractivity contribution in [2.75, 3.05) is 13.2 Å². The summed E-state index contributed by atoms with van der Waals surface area (Å²) in [5.74, 6) is -0.894. The molecule has 0 heterocycles. The molecule has 0 rings (SSSR count). The van der Waals surface area contributed by atoms with Gasteiger partial charge in [0, 0.05) is 19.3 Å². The first kappa shape index (κ1) is 50.9. The zero-order chi connectivity index (χ0) is 38.7. The van der Waals surface area contributed by atoms with Crippen LogP contribution in [0.25, 0.3) is 0 Å². The van der Waals surface area contributed by atoms with Crippen LogP contribution in [0.5, 0.6) is 0 Å². The lowest BCUT2D eigenvalue weighted by Gasteiger charge is -2.18. The van der Waals surface area contributed by atoms with E-state index in [0.29, 0.717) is 19.3 Å². The first-order valence-electron chi connectivity index (χ1n) is 22.8. The van der Waals surface area contributed by atoms with Crippen LogP contribution in [-0.4, -0.2) is 37.2 Å². The van der Waals surface area contributed by atoms with E-state index in [0.717, 1.165) is 83.5 Å². The molecule has 0 fully saturated rings. The maximum Gasteiger partial charge on any atom is 0.306 e. The molecule has 0 N–H and O–H groups in total. The third kappa shape index (κ3) is 40.9. The molecule has 0 bridgehead atoms. The summed E-state index contributed by atoms with van der Waals surface area (Å²) in [5, 5.41) is 0. The van der Waals surface area contributed by atoms with Gasteiger partial charge in [0.2, 0.25) is 0 Å². The molecular weight excluding hydrogens is 661 g/mol. The number of hydrogen-bond donors (Lipinski definition) is 0. The van der Waals surface area contributed by atoms with Gasteiger partial charge in [-0.1, -0.05) is 180 Å². The van der Waals surface area contributed by atoms with E-state index in [4.69, 9.17) is 14.2 Å². The predicted octanol–water partition coefficient (Wildman–Crippen LogP) is 14.4. The fraction of sp³-hybridized carbons (Fsp3) is 0.851. The van der Waals surface area contributed by atoms with E-state index in [2.05, 4.69) is 45.1 Å². The molecule has 0 radical (unpaired) electrons. The molecule has 6 heteroatoms. The van der Waals surface area contributed by atoms with Crippen molar-refractivity contribution >= 4 is 17.9 Å². The van der Waals surface area contributed by atoms with E-state index >= 15 is 0 Å². The highest BCUT2D eigenvalue weighted by atomic mass is 16.6. The zero-order valence-electron chi connectivity index (χ0n) is 35.3. The van der Waals surface area contributed by atoms with Gasteiger partial charge in [0.25, 0.3) is 0 Å². The number of ether oxygens (including phenoxy) is 3. The maximum atomic E-state index is 12.7. The van der Waals surface area contributed by atoms with Crippen LogP contribution in [0.15, 0.2) is 24.3 Å². The Labute approximate surface area is 328 Å². The third-order valence-corrected chi connectivity index (χ3v) is 9.91. The highest BCUT2D eigenvalue weighted by Crippen LogP contribution is 2.14. The lowest BCUT2D eigenvalue weighted by molar-refractivity contribution is -0.167. The molecule has 0 aromatic carbocycles. The Balaban J connectivity index is 4.31. The van der Waals surface area contributed by atoms with E-state index in [1.165, 1.54) is 116 Å². The molecule has 0 amide bonds.